The van der Waals surface area contributed by atoms with Crippen LogP contribution in [0.1, 0.15) is 21.8 Å². The van der Waals surface area contributed by atoms with E-state index in [9.17, 15) is 14.9 Å². The first-order valence-corrected chi connectivity index (χ1v) is 6.95. The molecule has 0 heterocycles. The Morgan fingerprint density at radius 1 is 1.10 bits per heavy atom. The molecule has 0 radical (unpaired) electrons. The monoisotopic (exact) mass is 301 g/mol. The minimum absolute atomic E-state index is 0.178. The molecule has 0 unspecified atom stereocenters. The smallest absolute Gasteiger partial charge is 0.231 e. The summed E-state index contributed by atoms with van der Waals surface area (Å²) in [5, 5.41) is 11.7. The highest BCUT2D eigenvalue weighted by Crippen LogP contribution is 2.51. The molecule has 1 aliphatic rings. The number of halogens is 1. The average Bonchev–Trinajstić information content (AvgIpc) is 3.23. The Hall–Kier alpha value is -2.20. The third kappa shape index (κ3) is 2.54. The van der Waals surface area contributed by atoms with Crippen LogP contribution in [-0.4, -0.2) is 16.7 Å². The van der Waals surface area contributed by atoms with E-state index in [0.29, 0.717) is 10.6 Å². The Bertz CT molecular complexity index is 702. The highest BCUT2D eigenvalue weighted by Gasteiger charge is 2.64. The van der Waals surface area contributed by atoms with Crippen molar-refractivity contribution in [2.75, 3.05) is 0 Å². The van der Waals surface area contributed by atoms with E-state index in [1.807, 2.05) is 6.07 Å². The lowest BCUT2D eigenvalue weighted by molar-refractivity contribution is -0.498. The van der Waals surface area contributed by atoms with Gasteiger partial charge in [-0.05, 0) is 17.7 Å². The Kier molecular flexibility index (Phi) is 3.47. The van der Waals surface area contributed by atoms with Gasteiger partial charge in [-0.2, -0.15) is 0 Å². The van der Waals surface area contributed by atoms with Crippen LogP contribution >= 0.6 is 11.6 Å². The van der Waals surface area contributed by atoms with Gasteiger partial charge >= 0.3 is 0 Å². The summed E-state index contributed by atoms with van der Waals surface area (Å²) in [7, 11) is 0. The fourth-order valence-corrected chi connectivity index (χ4v) is 2.99. The van der Waals surface area contributed by atoms with Crippen LogP contribution in [0.25, 0.3) is 0 Å². The van der Waals surface area contributed by atoms with Crippen molar-refractivity contribution in [2.45, 2.75) is 12.0 Å². The highest BCUT2D eigenvalue weighted by atomic mass is 35.5. The molecule has 3 rings (SSSR count). The van der Waals surface area contributed by atoms with Crippen LogP contribution in [-0.2, 0) is 0 Å². The SMILES string of the molecule is O=C(c1ccccc1)[C@@H]1[C@@H](c2cccc(Cl)c2)[C@@H]1[N+](=O)[O-]. The van der Waals surface area contributed by atoms with E-state index in [2.05, 4.69) is 0 Å². The Balaban J connectivity index is 1.91. The summed E-state index contributed by atoms with van der Waals surface area (Å²) in [6.07, 6.45) is 0. The second-order valence-corrected chi connectivity index (χ2v) is 5.55. The zero-order valence-corrected chi connectivity index (χ0v) is 11.7. The summed E-state index contributed by atoms with van der Waals surface area (Å²) >= 11 is 5.93. The molecule has 2 aromatic carbocycles. The Morgan fingerprint density at radius 2 is 1.81 bits per heavy atom. The van der Waals surface area contributed by atoms with Crippen LogP contribution in [0.15, 0.2) is 54.6 Å². The van der Waals surface area contributed by atoms with Gasteiger partial charge in [0, 0.05) is 15.5 Å². The van der Waals surface area contributed by atoms with Crippen molar-refractivity contribution in [1.29, 1.82) is 0 Å². The first kappa shape index (κ1) is 13.8. The van der Waals surface area contributed by atoms with Crippen molar-refractivity contribution < 1.29 is 9.72 Å². The highest BCUT2D eigenvalue weighted by molar-refractivity contribution is 6.30. The van der Waals surface area contributed by atoms with E-state index in [1.54, 1.807) is 48.5 Å². The van der Waals surface area contributed by atoms with E-state index < -0.39 is 17.9 Å². The summed E-state index contributed by atoms with van der Waals surface area (Å²) in [6.45, 7) is 0. The molecule has 1 fully saturated rings. The molecule has 4 nitrogen and oxygen atoms in total. The number of carbonyl (C=O) groups excluding carboxylic acids is 1. The number of nitrogens with zero attached hydrogens (tertiary/aromatic N) is 1. The molecule has 2 aromatic rings. The largest absolute Gasteiger partial charge is 0.294 e. The van der Waals surface area contributed by atoms with E-state index in [4.69, 9.17) is 11.6 Å². The number of benzene rings is 2. The second-order valence-electron chi connectivity index (χ2n) is 5.11. The Morgan fingerprint density at radius 3 is 2.43 bits per heavy atom. The third-order valence-corrected chi connectivity index (χ3v) is 4.06. The summed E-state index contributed by atoms with van der Waals surface area (Å²) in [4.78, 5) is 23.3. The molecule has 0 saturated heterocycles. The van der Waals surface area contributed by atoms with Gasteiger partial charge in [-0.25, -0.2) is 0 Å². The molecule has 1 aliphatic carbocycles. The molecular formula is C16H12ClNO3. The molecule has 0 bridgehead atoms. The van der Waals surface area contributed by atoms with Gasteiger partial charge in [0.1, 0.15) is 5.92 Å². The molecular weight excluding hydrogens is 290 g/mol. The normalized spacial score (nSPS) is 23.6. The number of rotatable bonds is 4. The summed E-state index contributed by atoms with van der Waals surface area (Å²) in [5.74, 6) is -1.19. The maximum atomic E-state index is 12.5. The number of Topliss-reactive ketones (excluding diaryl/α,β-unsaturated/α-hetero) is 1. The first-order valence-electron chi connectivity index (χ1n) is 6.58. The van der Waals surface area contributed by atoms with Crippen molar-refractivity contribution in [2.24, 2.45) is 5.92 Å². The second kappa shape index (κ2) is 5.30. The van der Waals surface area contributed by atoms with Gasteiger partial charge in [-0.1, -0.05) is 54.1 Å². The summed E-state index contributed by atoms with van der Waals surface area (Å²) in [5.41, 5.74) is 1.26. The van der Waals surface area contributed by atoms with E-state index in [0.717, 1.165) is 5.56 Å². The van der Waals surface area contributed by atoms with E-state index in [-0.39, 0.29) is 10.7 Å². The maximum Gasteiger partial charge on any atom is 0.231 e. The molecule has 3 atom stereocenters. The van der Waals surface area contributed by atoms with Crippen LogP contribution < -0.4 is 0 Å². The standard InChI is InChI=1S/C16H12ClNO3/c17-12-8-4-7-11(9-12)13-14(15(13)18(20)21)16(19)10-5-2-1-3-6-10/h1-9,13-15H/t13-,14-,15+/m1/s1. The van der Waals surface area contributed by atoms with Gasteiger partial charge in [0.05, 0.1) is 5.92 Å². The quantitative estimate of drug-likeness (QED) is 0.492. The van der Waals surface area contributed by atoms with E-state index in [1.165, 1.54) is 0 Å². The number of ketones is 1. The molecule has 0 aliphatic heterocycles. The Labute approximate surface area is 126 Å². The first-order chi connectivity index (χ1) is 10.1. The number of hydrogen-bond donors (Lipinski definition) is 0. The fraction of sp³-hybridized carbons (Fsp3) is 0.188. The van der Waals surface area contributed by atoms with Gasteiger partial charge in [0.15, 0.2) is 5.78 Å². The van der Waals surface area contributed by atoms with Gasteiger partial charge in [0.2, 0.25) is 6.04 Å². The van der Waals surface area contributed by atoms with Crippen molar-refractivity contribution >= 4 is 17.4 Å². The van der Waals surface area contributed by atoms with Crippen molar-refractivity contribution in [1.82, 2.24) is 0 Å². The van der Waals surface area contributed by atoms with Gasteiger partial charge in [-0.15, -0.1) is 0 Å². The van der Waals surface area contributed by atoms with Crippen LogP contribution in [0.3, 0.4) is 0 Å². The van der Waals surface area contributed by atoms with Crippen LogP contribution in [0, 0.1) is 16.0 Å². The van der Waals surface area contributed by atoms with Gasteiger partial charge in [-0.3, -0.25) is 14.9 Å². The van der Waals surface area contributed by atoms with E-state index >= 15 is 0 Å². The van der Waals surface area contributed by atoms with Crippen molar-refractivity contribution in [3.63, 3.8) is 0 Å². The zero-order chi connectivity index (χ0) is 15.0. The van der Waals surface area contributed by atoms with Gasteiger partial charge < -0.3 is 0 Å². The lowest BCUT2D eigenvalue weighted by Gasteiger charge is -1.99. The lowest BCUT2D eigenvalue weighted by atomic mass is 10.0. The molecule has 0 amide bonds. The molecule has 0 spiro atoms. The molecule has 106 valence electrons. The van der Waals surface area contributed by atoms with Crippen LogP contribution in [0.5, 0.6) is 0 Å². The van der Waals surface area contributed by atoms with Crippen molar-refractivity contribution in [3.8, 4) is 0 Å². The maximum absolute atomic E-state index is 12.5. The fourth-order valence-electron chi connectivity index (χ4n) is 2.79. The third-order valence-electron chi connectivity index (χ3n) is 3.82. The molecule has 5 heteroatoms. The lowest BCUT2D eigenvalue weighted by Crippen LogP contribution is -2.10. The summed E-state index contributed by atoms with van der Waals surface area (Å²) < 4.78 is 0. The molecule has 0 aromatic heterocycles. The number of carbonyl (C=O) groups is 1. The van der Waals surface area contributed by atoms with Crippen LogP contribution in [0.2, 0.25) is 5.02 Å². The average molecular weight is 302 g/mol. The van der Waals surface area contributed by atoms with Crippen LogP contribution in [0.4, 0.5) is 0 Å². The van der Waals surface area contributed by atoms with Crippen molar-refractivity contribution in [3.05, 3.63) is 80.9 Å². The predicted molar refractivity (Wildman–Crippen MR) is 79.2 cm³/mol. The minimum atomic E-state index is -0.865. The molecule has 21 heavy (non-hydrogen) atoms. The number of hydrogen-bond acceptors (Lipinski definition) is 3. The summed E-state index contributed by atoms with van der Waals surface area (Å²) in [6, 6.07) is 14.8. The molecule has 1 saturated carbocycles. The van der Waals surface area contributed by atoms with Gasteiger partial charge in [0.25, 0.3) is 0 Å². The minimum Gasteiger partial charge on any atom is -0.294 e. The zero-order valence-electron chi connectivity index (χ0n) is 11.0. The predicted octanol–water partition coefficient (Wildman–Crippen LogP) is 3.58. The number of nitro groups is 1. The topological polar surface area (TPSA) is 60.2 Å². The molecule has 0 N–H and O–H groups in total.